The summed E-state index contributed by atoms with van der Waals surface area (Å²) < 4.78 is 62.9. The molecule has 0 aliphatic carbocycles. The summed E-state index contributed by atoms with van der Waals surface area (Å²) in [5, 5.41) is 18.6. The zero-order valence-electron chi connectivity index (χ0n) is 24.4. The Balaban J connectivity index is 1.71. The number of nitrogens with zero attached hydrogens (tertiary/aromatic N) is 7. The van der Waals surface area contributed by atoms with Crippen LogP contribution < -0.4 is 11.1 Å². The molecule has 2 aliphatic heterocycles. The highest BCUT2D eigenvalue weighted by atomic mass is 31.3. The second-order valence-corrected chi connectivity index (χ2v) is 13.8. The lowest BCUT2D eigenvalue weighted by Gasteiger charge is -2.36. The van der Waals surface area contributed by atoms with Crippen LogP contribution in [0.25, 0.3) is 20.9 Å². The van der Waals surface area contributed by atoms with Crippen LogP contribution in [0, 0.1) is 11.8 Å². The number of azide groups is 2. The van der Waals surface area contributed by atoms with Gasteiger partial charge in [0.1, 0.15) is 30.4 Å². The number of phenols is 1. The average molecular weight is 753 g/mol. The van der Waals surface area contributed by atoms with Gasteiger partial charge in [0.2, 0.25) is 0 Å². The molecule has 2 aliphatic rings. The number of carbonyl (C=O) groups is 2. The molecule has 6 atom stereocenters. The largest absolute Gasteiger partial charge is 0.508 e. The van der Waals surface area contributed by atoms with Gasteiger partial charge in [0, 0.05) is 22.4 Å². The Bertz CT molecular complexity index is 1770. The topological polar surface area (TPSA) is 381 Å². The number of phenolic OH excluding ortho intramolecular Hbond substituents is 1. The summed E-state index contributed by atoms with van der Waals surface area (Å²) in [5.74, 6) is 3.22. The van der Waals surface area contributed by atoms with Crippen LogP contribution in [0.2, 0.25) is 0 Å². The second kappa shape index (κ2) is 17.1. The first-order valence-electron chi connectivity index (χ1n) is 13.0. The maximum Gasteiger partial charge on any atom is 0.490 e. The summed E-state index contributed by atoms with van der Waals surface area (Å²) in [6, 6.07) is 3.69. The number of phosphoric ester groups is 1. The minimum atomic E-state index is -5.80. The molecule has 1 aromatic carbocycles. The summed E-state index contributed by atoms with van der Waals surface area (Å²) in [6.45, 7) is -2.21. The molecule has 49 heavy (non-hydrogen) atoms. The lowest BCUT2D eigenvalue weighted by atomic mass is 10.1. The van der Waals surface area contributed by atoms with Gasteiger partial charge in [0.15, 0.2) is 12.9 Å². The van der Waals surface area contributed by atoms with E-state index in [1.807, 2.05) is 0 Å². The molecule has 0 bridgehead atoms. The molecular weight excluding hydrogens is 727 g/mol. The van der Waals surface area contributed by atoms with Crippen molar-refractivity contribution in [2.75, 3.05) is 19.9 Å². The molecule has 1 aromatic rings. The summed E-state index contributed by atoms with van der Waals surface area (Å²) >= 11 is 0. The van der Waals surface area contributed by atoms with E-state index >= 15 is 0 Å². The van der Waals surface area contributed by atoms with Gasteiger partial charge < -0.3 is 49.1 Å². The van der Waals surface area contributed by atoms with E-state index < -0.39 is 80.0 Å². The minimum absolute atomic E-state index is 0.00289. The number of benzene rings is 1. The molecule has 0 saturated carbocycles. The quantitative estimate of drug-likeness (QED) is 0.0328. The fourth-order valence-electron chi connectivity index (χ4n) is 4.09. The summed E-state index contributed by atoms with van der Waals surface area (Å²) in [7, 11) is -17.0. The number of carbonyl (C=O) groups excluding carboxylic acids is 2. The molecule has 25 nitrogen and oxygen atoms in total. The Hall–Kier alpha value is -4.03. The van der Waals surface area contributed by atoms with E-state index in [0.717, 1.165) is 0 Å². The van der Waals surface area contributed by atoms with Crippen molar-refractivity contribution in [1.29, 1.82) is 0 Å². The number of amides is 1. The first kappa shape index (κ1) is 39.4. The Kier molecular flexibility index (Phi) is 13.7. The van der Waals surface area contributed by atoms with Gasteiger partial charge in [-0.25, -0.2) is 18.5 Å². The van der Waals surface area contributed by atoms with E-state index in [4.69, 9.17) is 40.8 Å². The Morgan fingerprint density at radius 3 is 2.53 bits per heavy atom. The van der Waals surface area contributed by atoms with Crippen molar-refractivity contribution in [2.45, 2.75) is 37.7 Å². The molecule has 1 amide bonds. The third kappa shape index (κ3) is 12.4. The van der Waals surface area contributed by atoms with Gasteiger partial charge in [-0.2, -0.15) is 8.62 Å². The minimum Gasteiger partial charge on any atom is -0.508 e. The van der Waals surface area contributed by atoms with Crippen molar-refractivity contribution in [3.63, 3.8) is 0 Å². The maximum absolute atomic E-state index is 12.5. The van der Waals surface area contributed by atoms with Crippen LogP contribution in [-0.2, 0) is 52.4 Å². The molecule has 28 heteroatoms. The number of phosphoric acid groups is 3. The molecule has 0 spiro atoms. The van der Waals surface area contributed by atoms with Crippen LogP contribution in [-0.4, -0.2) is 86.1 Å². The molecule has 3 rings (SSSR count). The van der Waals surface area contributed by atoms with Crippen molar-refractivity contribution in [2.24, 2.45) is 16.0 Å². The SMILES string of the molecule is [N-]=[N+]=NCO[C@@H]1C[C@H](N2C=C(C#CCOC(=O)c3ccc(O)cc3CN=[N+]=[N-])C(=O)NC2N)O[C@@H]1COP(=O)(O)OP(=O)(O)OP(=O)(O)O. The van der Waals surface area contributed by atoms with Crippen LogP contribution in [0.15, 0.2) is 40.2 Å². The molecule has 266 valence electrons. The zero-order valence-corrected chi connectivity index (χ0v) is 27.1. The summed E-state index contributed by atoms with van der Waals surface area (Å²) in [6.07, 6.45) is -3.61. The lowest BCUT2D eigenvalue weighted by molar-refractivity contribution is -0.124. The first-order chi connectivity index (χ1) is 22.9. The molecule has 0 aromatic heterocycles. The third-order valence-electron chi connectivity index (χ3n) is 5.97. The number of esters is 1. The normalized spacial score (nSPS) is 22.9. The van der Waals surface area contributed by atoms with E-state index in [-0.39, 0.29) is 35.4 Å². The van der Waals surface area contributed by atoms with Crippen LogP contribution in [0.4, 0.5) is 0 Å². The van der Waals surface area contributed by atoms with E-state index in [2.05, 4.69) is 50.4 Å². The molecule has 0 radical (unpaired) electrons. The van der Waals surface area contributed by atoms with Crippen LogP contribution in [0.5, 0.6) is 5.75 Å². The van der Waals surface area contributed by atoms with E-state index in [9.17, 15) is 38.2 Å². The van der Waals surface area contributed by atoms with Crippen molar-refractivity contribution >= 4 is 35.3 Å². The molecular formula is C21H26N9O16P3. The molecule has 2 heterocycles. The van der Waals surface area contributed by atoms with E-state index in [0.29, 0.717) is 0 Å². The van der Waals surface area contributed by atoms with Gasteiger partial charge in [-0.05, 0) is 34.8 Å². The highest BCUT2D eigenvalue weighted by molar-refractivity contribution is 7.66. The number of rotatable bonds is 15. The Morgan fingerprint density at radius 1 is 1.14 bits per heavy atom. The highest BCUT2D eigenvalue weighted by Crippen LogP contribution is 2.66. The van der Waals surface area contributed by atoms with Crippen LogP contribution in [0.3, 0.4) is 0 Å². The highest BCUT2D eigenvalue weighted by Gasteiger charge is 2.45. The number of nitrogens with two attached hydrogens (primary N) is 1. The van der Waals surface area contributed by atoms with Gasteiger partial charge in [-0.3, -0.25) is 15.1 Å². The van der Waals surface area contributed by atoms with E-state index in [1.54, 1.807) is 0 Å². The molecule has 3 unspecified atom stereocenters. The van der Waals surface area contributed by atoms with E-state index in [1.165, 1.54) is 29.3 Å². The smallest absolute Gasteiger partial charge is 0.490 e. The maximum atomic E-state index is 12.5. The van der Waals surface area contributed by atoms with Gasteiger partial charge in [-0.1, -0.05) is 22.1 Å². The second-order valence-electron chi connectivity index (χ2n) is 9.33. The first-order valence-corrected chi connectivity index (χ1v) is 17.6. The van der Waals surface area contributed by atoms with Gasteiger partial charge in [-0.15, -0.1) is 0 Å². The Morgan fingerprint density at radius 2 is 1.86 bits per heavy atom. The standard InChI is InChI=1S/C21H26N9O16P3/c22-21-27-19(32)12(2-1-5-41-20(33)15-4-3-14(31)6-13(15)8-25-28-23)9-30(21)18-7-16(42-11-26-29-24)17(44-18)10-43-48(37,38)46-49(39,40)45-47(34,35)36/h3-4,6,9,16-18,21,31H,5,7-8,10-11,22H2,(H,27,32)(H,37,38)(H,39,40)(H2,34,35,36)/t16-,17-,18-,21?/m1/s1. The zero-order chi connectivity index (χ0) is 36.4. The predicted molar refractivity (Wildman–Crippen MR) is 157 cm³/mol. The van der Waals surface area contributed by atoms with Crippen molar-refractivity contribution in [3.05, 3.63) is 62.0 Å². The lowest BCUT2D eigenvalue weighted by Crippen LogP contribution is -2.58. The molecule has 8 N–H and O–H groups in total. The average Bonchev–Trinajstić information content (AvgIpc) is 3.39. The number of hydrogen-bond acceptors (Lipinski definition) is 16. The Labute approximate surface area is 274 Å². The monoisotopic (exact) mass is 753 g/mol. The predicted octanol–water partition coefficient (Wildman–Crippen LogP) is 1.03. The van der Waals surface area contributed by atoms with Gasteiger partial charge in [0.05, 0.1) is 24.8 Å². The van der Waals surface area contributed by atoms with Crippen LogP contribution in [0.1, 0.15) is 22.3 Å². The third-order valence-corrected chi connectivity index (χ3v) is 9.78. The van der Waals surface area contributed by atoms with Crippen molar-refractivity contribution < 1.29 is 75.3 Å². The summed E-state index contributed by atoms with van der Waals surface area (Å²) in [4.78, 5) is 67.9. The molecule has 1 saturated heterocycles. The fourth-order valence-corrected chi connectivity index (χ4v) is 7.12. The number of hydrogen-bond donors (Lipinski definition) is 7. The van der Waals surface area contributed by atoms with Gasteiger partial charge >= 0.3 is 29.4 Å². The molecule has 1 fully saturated rings. The van der Waals surface area contributed by atoms with Crippen molar-refractivity contribution in [3.8, 4) is 17.6 Å². The summed E-state index contributed by atoms with van der Waals surface area (Å²) in [5.41, 5.74) is 23.1. The van der Waals surface area contributed by atoms with Crippen molar-refractivity contribution in [1.82, 2.24) is 10.2 Å². The number of nitrogens with one attached hydrogen (secondary N) is 1. The van der Waals surface area contributed by atoms with Gasteiger partial charge in [0.25, 0.3) is 5.91 Å². The number of aromatic hydroxyl groups is 1. The fraction of sp³-hybridized carbons (Fsp3) is 0.429. The number of ether oxygens (including phenoxy) is 3. The van der Waals surface area contributed by atoms with Crippen LogP contribution >= 0.6 is 23.5 Å².